The average molecular weight is 262 g/mol. The first-order valence-electron chi connectivity index (χ1n) is 6.78. The van der Waals surface area contributed by atoms with E-state index in [9.17, 15) is 4.79 Å². The van der Waals surface area contributed by atoms with Crippen LogP contribution in [0.3, 0.4) is 0 Å². The van der Waals surface area contributed by atoms with Gasteiger partial charge in [-0.2, -0.15) is 0 Å². The van der Waals surface area contributed by atoms with E-state index >= 15 is 0 Å². The molecular formula is C15H22N2O2. The number of ether oxygens (including phenoxy) is 1. The Morgan fingerprint density at radius 1 is 1.32 bits per heavy atom. The molecule has 104 valence electrons. The number of carbonyl (C=O) groups is 1. The molecule has 0 heterocycles. The summed E-state index contributed by atoms with van der Waals surface area (Å²) in [5.74, 6) is 0.768. The highest BCUT2D eigenvalue weighted by atomic mass is 16.5. The molecule has 0 aliphatic heterocycles. The zero-order chi connectivity index (χ0) is 13.8. The lowest BCUT2D eigenvalue weighted by atomic mass is 9.90. The van der Waals surface area contributed by atoms with Gasteiger partial charge >= 0.3 is 0 Å². The molecule has 4 heteroatoms. The lowest BCUT2D eigenvalue weighted by Crippen LogP contribution is -2.41. The van der Waals surface area contributed by atoms with E-state index in [2.05, 4.69) is 0 Å². The number of hydrogen-bond donors (Lipinski definition) is 1. The van der Waals surface area contributed by atoms with Gasteiger partial charge in [-0.3, -0.25) is 4.79 Å². The molecule has 0 aromatic heterocycles. The minimum absolute atomic E-state index is 0.0550. The van der Waals surface area contributed by atoms with Crippen molar-refractivity contribution in [2.45, 2.75) is 37.8 Å². The van der Waals surface area contributed by atoms with Crippen LogP contribution in [0.2, 0.25) is 0 Å². The molecule has 1 aromatic carbocycles. The lowest BCUT2D eigenvalue weighted by Gasteiger charge is -2.33. The van der Waals surface area contributed by atoms with Crippen molar-refractivity contribution in [3.8, 4) is 5.75 Å². The van der Waals surface area contributed by atoms with E-state index in [1.165, 1.54) is 0 Å². The number of benzene rings is 1. The molecule has 1 aliphatic carbocycles. The van der Waals surface area contributed by atoms with Crippen LogP contribution in [0.1, 0.15) is 36.0 Å². The third-order valence-corrected chi connectivity index (χ3v) is 3.93. The summed E-state index contributed by atoms with van der Waals surface area (Å²) in [6, 6.07) is 7.91. The third kappa shape index (κ3) is 3.26. The Labute approximate surface area is 114 Å². The summed E-state index contributed by atoms with van der Waals surface area (Å²) in [4.78, 5) is 14.3. The van der Waals surface area contributed by atoms with Gasteiger partial charge < -0.3 is 15.4 Å². The van der Waals surface area contributed by atoms with Crippen LogP contribution in [0.25, 0.3) is 0 Å². The molecule has 1 fully saturated rings. The smallest absolute Gasteiger partial charge is 0.253 e. The normalized spacial score (nSPS) is 22.9. The fraction of sp³-hybridized carbons (Fsp3) is 0.533. The van der Waals surface area contributed by atoms with Crippen molar-refractivity contribution in [2.24, 2.45) is 5.73 Å². The van der Waals surface area contributed by atoms with Crippen molar-refractivity contribution in [1.82, 2.24) is 4.90 Å². The molecule has 1 amide bonds. The van der Waals surface area contributed by atoms with Gasteiger partial charge in [-0.25, -0.2) is 0 Å². The summed E-state index contributed by atoms with van der Waals surface area (Å²) in [6.07, 6.45) is 3.99. The summed E-state index contributed by atoms with van der Waals surface area (Å²) in [5.41, 5.74) is 6.58. The van der Waals surface area contributed by atoms with Crippen LogP contribution in [0.15, 0.2) is 24.3 Å². The van der Waals surface area contributed by atoms with Crippen LogP contribution in [0, 0.1) is 0 Å². The highest BCUT2D eigenvalue weighted by Crippen LogP contribution is 2.23. The summed E-state index contributed by atoms with van der Waals surface area (Å²) < 4.78 is 5.16. The molecule has 0 unspecified atom stereocenters. The van der Waals surface area contributed by atoms with Crippen molar-refractivity contribution in [3.05, 3.63) is 29.8 Å². The predicted octanol–water partition coefficient (Wildman–Crippen LogP) is 2.04. The Morgan fingerprint density at radius 2 is 2.00 bits per heavy atom. The van der Waals surface area contributed by atoms with Gasteiger partial charge in [0, 0.05) is 24.7 Å². The summed E-state index contributed by atoms with van der Waals surface area (Å²) in [5, 5.41) is 0. The number of amides is 1. The molecule has 1 saturated carbocycles. The van der Waals surface area contributed by atoms with Crippen LogP contribution < -0.4 is 10.5 Å². The van der Waals surface area contributed by atoms with Gasteiger partial charge in [0.1, 0.15) is 5.75 Å². The van der Waals surface area contributed by atoms with Crippen molar-refractivity contribution in [3.63, 3.8) is 0 Å². The van der Waals surface area contributed by atoms with Gasteiger partial charge in [0.2, 0.25) is 0 Å². The van der Waals surface area contributed by atoms with Crippen molar-refractivity contribution in [1.29, 1.82) is 0 Å². The fourth-order valence-corrected chi connectivity index (χ4v) is 2.61. The first-order chi connectivity index (χ1) is 9.11. The Balaban J connectivity index is 2.05. The van der Waals surface area contributed by atoms with E-state index in [-0.39, 0.29) is 5.91 Å². The molecule has 2 N–H and O–H groups in total. The molecule has 19 heavy (non-hydrogen) atoms. The zero-order valence-electron chi connectivity index (χ0n) is 11.6. The van der Waals surface area contributed by atoms with Gasteiger partial charge in [-0.1, -0.05) is 6.07 Å². The van der Waals surface area contributed by atoms with E-state index in [1.807, 2.05) is 30.1 Å². The number of nitrogens with zero attached hydrogens (tertiary/aromatic N) is 1. The standard InChI is InChI=1S/C15H22N2O2/c1-17(13-8-6-12(16)7-9-13)15(18)11-4-3-5-14(10-11)19-2/h3-5,10,12-13H,6-9,16H2,1-2H3. The maximum absolute atomic E-state index is 12.4. The van der Waals surface area contributed by atoms with E-state index in [0.717, 1.165) is 25.7 Å². The molecule has 0 atom stereocenters. The first kappa shape index (κ1) is 13.9. The zero-order valence-corrected chi connectivity index (χ0v) is 11.6. The van der Waals surface area contributed by atoms with Gasteiger partial charge in [-0.05, 0) is 43.9 Å². The van der Waals surface area contributed by atoms with E-state index in [4.69, 9.17) is 10.5 Å². The van der Waals surface area contributed by atoms with Gasteiger partial charge in [0.15, 0.2) is 0 Å². The summed E-state index contributed by atoms with van der Waals surface area (Å²) in [6.45, 7) is 0. The Hall–Kier alpha value is -1.55. The van der Waals surface area contributed by atoms with E-state index in [1.54, 1.807) is 13.2 Å². The number of carbonyl (C=O) groups excluding carboxylic acids is 1. The highest BCUT2D eigenvalue weighted by molar-refractivity contribution is 5.94. The van der Waals surface area contributed by atoms with Crippen LogP contribution in [-0.4, -0.2) is 37.0 Å². The van der Waals surface area contributed by atoms with Gasteiger partial charge in [-0.15, -0.1) is 0 Å². The quantitative estimate of drug-likeness (QED) is 0.907. The number of rotatable bonds is 3. The van der Waals surface area contributed by atoms with Gasteiger partial charge in [0.05, 0.1) is 7.11 Å². The van der Waals surface area contributed by atoms with Gasteiger partial charge in [0.25, 0.3) is 5.91 Å². The topological polar surface area (TPSA) is 55.6 Å². The number of hydrogen-bond acceptors (Lipinski definition) is 3. The third-order valence-electron chi connectivity index (χ3n) is 3.93. The number of methoxy groups -OCH3 is 1. The molecule has 2 rings (SSSR count). The Bertz CT molecular complexity index is 440. The first-order valence-corrected chi connectivity index (χ1v) is 6.78. The average Bonchev–Trinajstić information content (AvgIpc) is 2.46. The molecule has 0 radical (unpaired) electrons. The lowest BCUT2D eigenvalue weighted by molar-refractivity contribution is 0.0689. The van der Waals surface area contributed by atoms with Crippen molar-refractivity contribution < 1.29 is 9.53 Å². The van der Waals surface area contributed by atoms with Crippen LogP contribution >= 0.6 is 0 Å². The highest BCUT2D eigenvalue weighted by Gasteiger charge is 2.25. The number of nitrogens with two attached hydrogens (primary N) is 1. The SMILES string of the molecule is COc1cccc(C(=O)N(C)C2CCC(N)CC2)c1. The van der Waals surface area contributed by atoms with E-state index in [0.29, 0.717) is 23.4 Å². The fourth-order valence-electron chi connectivity index (χ4n) is 2.61. The second-order valence-electron chi connectivity index (χ2n) is 5.22. The second kappa shape index (κ2) is 6.06. The maximum Gasteiger partial charge on any atom is 0.253 e. The molecule has 1 aliphatic rings. The van der Waals surface area contributed by atoms with Crippen molar-refractivity contribution >= 4 is 5.91 Å². The minimum atomic E-state index is 0.0550. The molecule has 0 saturated heterocycles. The predicted molar refractivity (Wildman–Crippen MR) is 75.3 cm³/mol. The molecule has 0 spiro atoms. The largest absolute Gasteiger partial charge is 0.497 e. The Kier molecular flexibility index (Phi) is 4.43. The van der Waals surface area contributed by atoms with Crippen LogP contribution in [-0.2, 0) is 0 Å². The molecule has 0 bridgehead atoms. The Morgan fingerprint density at radius 3 is 2.63 bits per heavy atom. The molecule has 4 nitrogen and oxygen atoms in total. The van der Waals surface area contributed by atoms with Crippen LogP contribution in [0.4, 0.5) is 0 Å². The summed E-state index contributed by atoms with van der Waals surface area (Å²) in [7, 11) is 3.49. The van der Waals surface area contributed by atoms with Crippen LogP contribution in [0.5, 0.6) is 5.75 Å². The minimum Gasteiger partial charge on any atom is -0.497 e. The van der Waals surface area contributed by atoms with Crippen molar-refractivity contribution in [2.75, 3.05) is 14.2 Å². The molecular weight excluding hydrogens is 240 g/mol. The van der Waals surface area contributed by atoms with E-state index < -0.39 is 0 Å². The second-order valence-corrected chi connectivity index (χ2v) is 5.22. The molecule has 1 aromatic rings. The monoisotopic (exact) mass is 262 g/mol. The maximum atomic E-state index is 12.4. The summed E-state index contributed by atoms with van der Waals surface area (Å²) >= 11 is 0.